The third-order valence-corrected chi connectivity index (χ3v) is 5.92. The van der Waals surface area contributed by atoms with Crippen molar-refractivity contribution in [3.05, 3.63) is 60.2 Å². The summed E-state index contributed by atoms with van der Waals surface area (Å²) >= 11 is 0. The van der Waals surface area contributed by atoms with Crippen LogP contribution in [0.2, 0.25) is 0 Å². The van der Waals surface area contributed by atoms with Crippen LogP contribution in [-0.4, -0.2) is 6.10 Å². The van der Waals surface area contributed by atoms with E-state index >= 15 is 0 Å². The van der Waals surface area contributed by atoms with Crippen LogP contribution in [0.25, 0.3) is 0 Å². The van der Waals surface area contributed by atoms with Gasteiger partial charge in [-0.3, -0.25) is 0 Å². The molecule has 0 N–H and O–H groups in total. The molecule has 1 aromatic carbocycles. The Morgan fingerprint density at radius 1 is 1.27 bits per heavy atom. The highest BCUT2D eigenvalue weighted by atomic mass is 16.5. The highest BCUT2D eigenvalue weighted by molar-refractivity contribution is 5.22. The minimum absolute atomic E-state index is 0.197. The number of ether oxygens (including phenoxy) is 1. The number of allylic oxidation sites excluding steroid dienone is 3. The van der Waals surface area contributed by atoms with E-state index < -0.39 is 0 Å². The molecule has 118 valence electrons. The Morgan fingerprint density at radius 2 is 2.05 bits per heavy atom. The molecule has 22 heavy (non-hydrogen) atoms. The molecule has 1 aromatic rings. The van der Waals surface area contributed by atoms with Crippen molar-refractivity contribution in [3.63, 3.8) is 0 Å². The van der Waals surface area contributed by atoms with Crippen LogP contribution < -0.4 is 0 Å². The van der Waals surface area contributed by atoms with Gasteiger partial charge in [-0.15, -0.1) is 0 Å². The SMILES string of the molecule is C/C=C\[C@@H](OCc1ccccc1)[C@]1(C)C2C=CC(C2)C1CC. The molecule has 0 aromatic heterocycles. The maximum absolute atomic E-state index is 6.42. The van der Waals surface area contributed by atoms with Gasteiger partial charge in [0.25, 0.3) is 0 Å². The predicted octanol–water partition coefficient (Wildman–Crippen LogP) is 5.39. The normalized spacial score (nSPS) is 34.6. The van der Waals surface area contributed by atoms with Gasteiger partial charge >= 0.3 is 0 Å². The fraction of sp³-hybridized carbons (Fsp3) is 0.524. The molecule has 0 saturated heterocycles. The molecule has 0 spiro atoms. The molecular formula is C21H28O. The van der Waals surface area contributed by atoms with Crippen molar-refractivity contribution in [1.82, 2.24) is 0 Å². The number of fused-ring (bicyclic) bond motifs is 2. The Bertz CT molecular complexity index is 544. The molecule has 5 atom stereocenters. The first-order chi connectivity index (χ1) is 10.7. The van der Waals surface area contributed by atoms with Gasteiger partial charge < -0.3 is 4.74 Å². The average molecular weight is 296 g/mol. The van der Waals surface area contributed by atoms with Gasteiger partial charge in [0.15, 0.2) is 0 Å². The Hall–Kier alpha value is -1.34. The van der Waals surface area contributed by atoms with E-state index in [2.05, 4.69) is 75.4 Å². The van der Waals surface area contributed by atoms with Crippen LogP contribution >= 0.6 is 0 Å². The van der Waals surface area contributed by atoms with E-state index in [0.717, 1.165) is 11.8 Å². The van der Waals surface area contributed by atoms with E-state index in [1.807, 2.05) is 0 Å². The zero-order valence-corrected chi connectivity index (χ0v) is 14.0. The van der Waals surface area contributed by atoms with Crippen molar-refractivity contribution >= 4 is 0 Å². The zero-order chi connectivity index (χ0) is 15.6. The molecule has 2 aliphatic rings. The van der Waals surface area contributed by atoms with Crippen LogP contribution in [0.4, 0.5) is 0 Å². The lowest BCUT2D eigenvalue weighted by molar-refractivity contribution is -0.0509. The molecule has 1 fully saturated rings. The van der Waals surface area contributed by atoms with Crippen molar-refractivity contribution in [2.75, 3.05) is 0 Å². The van der Waals surface area contributed by atoms with E-state index in [-0.39, 0.29) is 11.5 Å². The van der Waals surface area contributed by atoms with Gasteiger partial charge in [0.05, 0.1) is 12.7 Å². The highest BCUT2D eigenvalue weighted by Gasteiger charge is 2.55. The summed E-state index contributed by atoms with van der Waals surface area (Å²) in [6.45, 7) is 7.58. The number of rotatable bonds is 6. The van der Waals surface area contributed by atoms with Gasteiger partial charge in [0.2, 0.25) is 0 Å². The molecule has 0 heterocycles. The molecule has 0 radical (unpaired) electrons. The van der Waals surface area contributed by atoms with Crippen LogP contribution in [0.1, 0.15) is 39.2 Å². The lowest BCUT2D eigenvalue weighted by Gasteiger charge is -2.43. The summed E-state index contributed by atoms with van der Waals surface area (Å²) in [6.07, 6.45) is 12.1. The van der Waals surface area contributed by atoms with E-state index in [4.69, 9.17) is 4.74 Å². The fourth-order valence-electron chi connectivity index (χ4n) is 4.77. The van der Waals surface area contributed by atoms with Gasteiger partial charge in [-0.25, -0.2) is 0 Å². The van der Waals surface area contributed by atoms with E-state index in [1.54, 1.807) is 0 Å². The minimum Gasteiger partial charge on any atom is -0.369 e. The second-order valence-corrected chi connectivity index (χ2v) is 7.01. The molecular weight excluding hydrogens is 268 g/mol. The summed E-state index contributed by atoms with van der Waals surface area (Å²) < 4.78 is 6.42. The summed E-state index contributed by atoms with van der Waals surface area (Å²) in [4.78, 5) is 0. The molecule has 0 amide bonds. The van der Waals surface area contributed by atoms with Gasteiger partial charge in [-0.1, -0.05) is 74.9 Å². The molecule has 2 aliphatic carbocycles. The van der Waals surface area contributed by atoms with Crippen molar-refractivity contribution < 1.29 is 4.74 Å². The van der Waals surface area contributed by atoms with Gasteiger partial charge in [0.1, 0.15) is 0 Å². The lowest BCUT2D eigenvalue weighted by atomic mass is 9.65. The Balaban J connectivity index is 1.80. The standard InChI is InChI=1S/C21H28O/c1-4-9-20(22-15-16-10-7-6-8-11-16)21(3)18-13-12-17(14-18)19(21)5-2/h4,6-13,17-20H,5,14-15H2,1-3H3/b9-4-/t17?,18?,19?,20-,21-/m1/s1. The fourth-order valence-corrected chi connectivity index (χ4v) is 4.77. The summed E-state index contributed by atoms with van der Waals surface area (Å²) in [6, 6.07) is 10.5. The molecule has 3 unspecified atom stereocenters. The maximum Gasteiger partial charge on any atom is 0.0822 e. The third kappa shape index (κ3) is 2.56. The van der Waals surface area contributed by atoms with Crippen LogP contribution in [0.15, 0.2) is 54.6 Å². The highest BCUT2D eigenvalue weighted by Crippen LogP contribution is 2.59. The molecule has 3 rings (SSSR count). The second kappa shape index (κ2) is 6.42. The summed E-state index contributed by atoms with van der Waals surface area (Å²) in [5.74, 6) is 2.16. The van der Waals surface area contributed by atoms with Crippen LogP contribution in [0.3, 0.4) is 0 Å². The van der Waals surface area contributed by atoms with Crippen LogP contribution in [0, 0.1) is 23.2 Å². The first-order valence-corrected chi connectivity index (χ1v) is 8.66. The van der Waals surface area contributed by atoms with Gasteiger partial charge in [-0.2, -0.15) is 0 Å². The summed E-state index contributed by atoms with van der Waals surface area (Å²) in [5.41, 5.74) is 1.49. The lowest BCUT2D eigenvalue weighted by Crippen LogP contribution is -2.42. The number of benzene rings is 1. The smallest absolute Gasteiger partial charge is 0.0822 e. The van der Waals surface area contributed by atoms with Crippen LogP contribution in [-0.2, 0) is 11.3 Å². The Labute approximate surface area is 135 Å². The first-order valence-electron chi connectivity index (χ1n) is 8.66. The third-order valence-electron chi connectivity index (χ3n) is 5.92. The average Bonchev–Trinajstić information content (AvgIpc) is 3.12. The van der Waals surface area contributed by atoms with Gasteiger partial charge in [0, 0.05) is 5.41 Å². The predicted molar refractivity (Wildman–Crippen MR) is 92.5 cm³/mol. The summed E-state index contributed by atoms with van der Waals surface area (Å²) in [5, 5.41) is 0. The number of hydrogen-bond acceptors (Lipinski definition) is 1. The molecule has 1 saturated carbocycles. The van der Waals surface area contributed by atoms with E-state index in [1.165, 1.54) is 18.4 Å². The Kier molecular flexibility index (Phi) is 4.54. The van der Waals surface area contributed by atoms with Crippen molar-refractivity contribution in [2.45, 2.75) is 46.3 Å². The van der Waals surface area contributed by atoms with Crippen LogP contribution in [0.5, 0.6) is 0 Å². The largest absolute Gasteiger partial charge is 0.369 e. The molecule has 2 bridgehead atoms. The molecule has 0 aliphatic heterocycles. The zero-order valence-electron chi connectivity index (χ0n) is 14.0. The topological polar surface area (TPSA) is 9.23 Å². The second-order valence-electron chi connectivity index (χ2n) is 7.01. The van der Waals surface area contributed by atoms with Crippen molar-refractivity contribution in [1.29, 1.82) is 0 Å². The Morgan fingerprint density at radius 3 is 2.73 bits per heavy atom. The monoisotopic (exact) mass is 296 g/mol. The number of hydrogen-bond donors (Lipinski definition) is 0. The first kappa shape index (κ1) is 15.6. The quantitative estimate of drug-likeness (QED) is 0.640. The van der Waals surface area contributed by atoms with Gasteiger partial charge in [-0.05, 0) is 36.7 Å². The minimum atomic E-state index is 0.197. The van der Waals surface area contributed by atoms with Crippen molar-refractivity contribution in [2.24, 2.45) is 23.2 Å². The molecule has 1 heteroatoms. The van der Waals surface area contributed by atoms with E-state index in [9.17, 15) is 0 Å². The summed E-state index contributed by atoms with van der Waals surface area (Å²) in [7, 11) is 0. The maximum atomic E-state index is 6.42. The van der Waals surface area contributed by atoms with Crippen molar-refractivity contribution in [3.8, 4) is 0 Å². The molecule has 1 nitrogen and oxygen atoms in total. The van der Waals surface area contributed by atoms with E-state index in [0.29, 0.717) is 12.5 Å².